The molecule has 0 radical (unpaired) electrons. The van der Waals surface area contributed by atoms with Crippen molar-refractivity contribution in [2.75, 3.05) is 0 Å². The summed E-state index contributed by atoms with van der Waals surface area (Å²) in [6, 6.07) is 6.36. The molecular weight excluding hydrogens is 200 g/mol. The van der Waals surface area contributed by atoms with E-state index < -0.39 is 11.7 Å². The van der Waals surface area contributed by atoms with Gasteiger partial charge in [0, 0.05) is 16.5 Å². The zero-order valence-electron chi connectivity index (χ0n) is 5.34. The topological polar surface area (TPSA) is 0 Å². The van der Waals surface area contributed by atoms with Crippen LogP contribution in [-0.2, 0) is 22.7 Å². The van der Waals surface area contributed by atoms with Crippen LogP contribution in [0.1, 0.15) is 5.56 Å². The van der Waals surface area contributed by atoms with Crippen LogP contribution in [0.15, 0.2) is 30.3 Å². The number of benzene rings is 1. The molecule has 0 aliphatic rings. The normalized spacial score (nSPS) is 10.5. The van der Waals surface area contributed by atoms with Gasteiger partial charge in [-0.25, -0.2) is 0 Å². The van der Waals surface area contributed by atoms with Crippen LogP contribution < -0.4 is 0 Å². The van der Waals surface area contributed by atoms with E-state index in [4.69, 9.17) is 0 Å². The van der Waals surface area contributed by atoms with Gasteiger partial charge in [0.25, 0.3) is 0 Å². The Hall–Kier alpha value is -0.496. The molecule has 0 aliphatic heterocycles. The smallest absolute Gasteiger partial charge is 0.166 e. The van der Waals surface area contributed by atoms with Crippen LogP contribution in [0.25, 0.3) is 0 Å². The van der Waals surface area contributed by atoms with Crippen LogP contribution in [0.4, 0.5) is 13.2 Å². The Morgan fingerprint density at radius 3 is 1.64 bits per heavy atom. The predicted octanol–water partition coefficient (Wildman–Crippen LogP) is 2.70. The molecule has 0 bridgehead atoms. The number of hydrogen-bond donors (Lipinski definition) is 0. The molecule has 0 saturated carbocycles. The molecule has 0 fully saturated rings. The van der Waals surface area contributed by atoms with E-state index in [1.807, 2.05) is 0 Å². The molecule has 1 aromatic carbocycles. The van der Waals surface area contributed by atoms with Crippen LogP contribution in [0.3, 0.4) is 0 Å². The van der Waals surface area contributed by atoms with E-state index in [1.165, 1.54) is 12.1 Å². The Kier molecular flexibility index (Phi) is 3.60. The third-order valence-corrected chi connectivity index (χ3v) is 1.10. The van der Waals surface area contributed by atoms with Gasteiger partial charge in [-0.1, -0.05) is 30.3 Å². The fraction of sp³-hybridized carbons (Fsp3) is 0.143. The molecule has 0 atom stereocenters. The largest absolute Gasteiger partial charge is 0.416 e. The molecule has 0 aliphatic carbocycles. The molecule has 64 valence electrons. The first-order chi connectivity index (χ1) is 4.61. The quantitative estimate of drug-likeness (QED) is 0.571. The summed E-state index contributed by atoms with van der Waals surface area (Å²) in [5.74, 6) is 0. The van der Waals surface area contributed by atoms with Gasteiger partial charge in [-0.15, -0.1) is 0 Å². The average Bonchev–Trinajstić information content (AvgIpc) is 1.88. The van der Waals surface area contributed by atoms with Crippen molar-refractivity contribution in [3.8, 4) is 0 Å². The molecule has 0 heterocycles. The molecule has 0 N–H and O–H groups in total. The number of halogens is 3. The number of rotatable bonds is 0. The van der Waals surface area contributed by atoms with E-state index in [1.54, 1.807) is 6.07 Å². The van der Waals surface area contributed by atoms with Gasteiger partial charge in [0.2, 0.25) is 0 Å². The van der Waals surface area contributed by atoms with Crippen molar-refractivity contribution in [2.45, 2.75) is 6.18 Å². The van der Waals surface area contributed by atoms with Crippen LogP contribution in [0.5, 0.6) is 0 Å². The first-order valence-electron chi connectivity index (χ1n) is 2.73. The molecule has 4 heteroatoms. The van der Waals surface area contributed by atoms with Gasteiger partial charge in [0.15, 0.2) is 0 Å². The molecule has 0 amide bonds. The van der Waals surface area contributed by atoms with Crippen LogP contribution in [0, 0.1) is 0 Å². The second kappa shape index (κ2) is 3.77. The van der Waals surface area contributed by atoms with Gasteiger partial charge in [0.1, 0.15) is 0 Å². The summed E-state index contributed by atoms with van der Waals surface area (Å²) in [4.78, 5) is 0. The Morgan fingerprint density at radius 2 is 1.36 bits per heavy atom. The van der Waals surface area contributed by atoms with Crippen LogP contribution in [0.2, 0.25) is 0 Å². The van der Waals surface area contributed by atoms with Gasteiger partial charge in [-0.05, 0) is 0 Å². The Bertz CT molecular complexity index is 205. The maximum Gasteiger partial charge on any atom is 0.416 e. The molecule has 11 heavy (non-hydrogen) atoms. The zero-order valence-corrected chi connectivity index (χ0v) is 6.32. The van der Waals surface area contributed by atoms with Crippen molar-refractivity contribution >= 4 is 0 Å². The minimum absolute atomic E-state index is 0. The first kappa shape index (κ1) is 10.5. The predicted molar refractivity (Wildman–Crippen MR) is 31.4 cm³/mol. The summed E-state index contributed by atoms with van der Waals surface area (Å²) in [6.07, 6.45) is -4.21. The molecular formula is C7H5F3Ni. The summed E-state index contributed by atoms with van der Waals surface area (Å²) in [5.41, 5.74) is -0.602. The number of hydrogen-bond acceptors (Lipinski definition) is 0. The zero-order chi connectivity index (χ0) is 7.61. The fourth-order valence-corrected chi connectivity index (χ4v) is 0.627. The Labute approximate surface area is 72.3 Å². The molecule has 0 spiro atoms. The van der Waals surface area contributed by atoms with Crippen molar-refractivity contribution in [2.24, 2.45) is 0 Å². The van der Waals surface area contributed by atoms with Crippen molar-refractivity contribution in [3.63, 3.8) is 0 Å². The Morgan fingerprint density at radius 1 is 0.909 bits per heavy atom. The van der Waals surface area contributed by atoms with Crippen molar-refractivity contribution in [1.29, 1.82) is 0 Å². The van der Waals surface area contributed by atoms with E-state index in [2.05, 4.69) is 0 Å². The van der Waals surface area contributed by atoms with E-state index in [9.17, 15) is 13.2 Å². The Balaban J connectivity index is 0.000001000. The third-order valence-electron chi connectivity index (χ3n) is 1.10. The average molecular weight is 205 g/mol. The van der Waals surface area contributed by atoms with Crippen molar-refractivity contribution < 1.29 is 29.7 Å². The monoisotopic (exact) mass is 204 g/mol. The van der Waals surface area contributed by atoms with Crippen molar-refractivity contribution in [1.82, 2.24) is 0 Å². The summed E-state index contributed by atoms with van der Waals surface area (Å²) >= 11 is 0. The van der Waals surface area contributed by atoms with Crippen LogP contribution >= 0.6 is 0 Å². The van der Waals surface area contributed by atoms with Gasteiger partial charge in [-0.2, -0.15) is 13.2 Å². The maximum absolute atomic E-state index is 11.8. The minimum Gasteiger partial charge on any atom is -0.166 e. The molecule has 0 aromatic heterocycles. The van der Waals surface area contributed by atoms with Gasteiger partial charge in [0.05, 0.1) is 5.56 Å². The standard InChI is InChI=1S/C7H5F3.Ni/c8-7(9,10)6-4-2-1-3-5-6;/h1-5H;. The van der Waals surface area contributed by atoms with E-state index in [0.717, 1.165) is 12.1 Å². The summed E-state index contributed by atoms with van der Waals surface area (Å²) in [5, 5.41) is 0. The second-order valence-corrected chi connectivity index (χ2v) is 1.86. The summed E-state index contributed by atoms with van der Waals surface area (Å²) in [6.45, 7) is 0. The SMILES string of the molecule is FC(F)(F)c1ccccc1.[Ni]. The van der Waals surface area contributed by atoms with Gasteiger partial charge < -0.3 is 0 Å². The molecule has 1 aromatic rings. The van der Waals surface area contributed by atoms with E-state index in [-0.39, 0.29) is 16.5 Å². The first-order valence-corrected chi connectivity index (χ1v) is 2.73. The summed E-state index contributed by atoms with van der Waals surface area (Å²) in [7, 11) is 0. The molecule has 0 saturated heterocycles. The van der Waals surface area contributed by atoms with Crippen LogP contribution in [-0.4, -0.2) is 0 Å². The minimum atomic E-state index is -4.21. The molecule has 0 nitrogen and oxygen atoms in total. The molecule has 0 unspecified atom stereocenters. The van der Waals surface area contributed by atoms with Crippen molar-refractivity contribution in [3.05, 3.63) is 35.9 Å². The van der Waals surface area contributed by atoms with Gasteiger partial charge >= 0.3 is 6.18 Å². The molecule has 1 rings (SSSR count). The number of alkyl halides is 3. The van der Waals surface area contributed by atoms with E-state index in [0.29, 0.717) is 0 Å². The third kappa shape index (κ3) is 2.93. The second-order valence-electron chi connectivity index (χ2n) is 1.86. The fourth-order valence-electron chi connectivity index (χ4n) is 0.627. The van der Waals surface area contributed by atoms with Gasteiger partial charge in [-0.3, -0.25) is 0 Å². The van der Waals surface area contributed by atoms with E-state index >= 15 is 0 Å². The summed E-state index contributed by atoms with van der Waals surface area (Å²) < 4.78 is 35.4. The maximum atomic E-state index is 11.8.